The third kappa shape index (κ3) is 1.28. The maximum Gasteiger partial charge on any atom is 0.223 e. The zero-order chi connectivity index (χ0) is 11.5. The normalized spacial score (nSPS) is 49.9. The molecule has 1 amide bonds. The van der Waals surface area contributed by atoms with Gasteiger partial charge in [0.1, 0.15) is 0 Å². The van der Waals surface area contributed by atoms with E-state index in [0.29, 0.717) is 0 Å². The molecule has 0 aliphatic heterocycles. The van der Waals surface area contributed by atoms with E-state index in [1.807, 2.05) is 0 Å². The summed E-state index contributed by atoms with van der Waals surface area (Å²) < 4.78 is 0. The summed E-state index contributed by atoms with van der Waals surface area (Å²) in [7, 11) is 0. The SMILES string of the molecule is CC(C)C1C2CC3CC1CC(C(N)=O)(C3)C2. The first-order chi connectivity index (χ1) is 7.52. The van der Waals surface area contributed by atoms with Crippen molar-refractivity contribution in [2.24, 2.45) is 40.7 Å². The highest BCUT2D eigenvalue weighted by Crippen LogP contribution is 2.63. The summed E-state index contributed by atoms with van der Waals surface area (Å²) in [5.74, 6) is 4.02. The summed E-state index contributed by atoms with van der Waals surface area (Å²) >= 11 is 0. The monoisotopic (exact) mass is 221 g/mol. The predicted octanol–water partition coefficient (Wildman–Crippen LogP) is 2.57. The summed E-state index contributed by atoms with van der Waals surface area (Å²) in [5.41, 5.74) is 5.58. The summed E-state index contributed by atoms with van der Waals surface area (Å²) in [6, 6.07) is 0. The summed E-state index contributed by atoms with van der Waals surface area (Å²) in [6.07, 6.45) is 6.03. The van der Waals surface area contributed by atoms with Crippen LogP contribution in [0.2, 0.25) is 0 Å². The Hall–Kier alpha value is -0.530. The number of hydrogen-bond acceptors (Lipinski definition) is 1. The average Bonchev–Trinajstić information content (AvgIpc) is 2.14. The first kappa shape index (κ1) is 10.6. The molecule has 0 aromatic rings. The van der Waals surface area contributed by atoms with Gasteiger partial charge in [-0.2, -0.15) is 0 Å². The Morgan fingerprint density at radius 2 is 1.75 bits per heavy atom. The Balaban J connectivity index is 1.92. The number of amides is 1. The molecule has 2 N–H and O–H groups in total. The van der Waals surface area contributed by atoms with Crippen molar-refractivity contribution in [3.05, 3.63) is 0 Å². The molecule has 0 radical (unpaired) electrons. The molecule has 0 spiro atoms. The first-order valence-corrected chi connectivity index (χ1v) is 6.82. The largest absolute Gasteiger partial charge is 0.369 e. The molecule has 2 nitrogen and oxygen atoms in total. The second kappa shape index (κ2) is 3.24. The van der Waals surface area contributed by atoms with E-state index < -0.39 is 0 Å². The highest BCUT2D eigenvalue weighted by molar-refractivity contribution is 5.81. The molecule has 90 valence electrons. The fraction of sp³-hybridized carbons (Fsp3) is 0.929. The first-order valence-electron chi connectivity index (χ1n) is 6.82. The van der Waals surface area contributed by atoms with Gasteiger partial charge in [-0.05, 0) is 61.7 Å². The molecule has 0 aromatic heterocycles. The van der Waals surface area contributed by atoms with E-state index in [9.17, 15) is 4.79 Å². The van der Waals surface area contributed by atoms with Crippen molar-refractivity contribution in [1.29, 1.82) is 0 Å². The van der Waals surface area contributed by atoms with Crippen molar-refractivity contribution in [2.75, 3.05) is 0 Å². The Kier molecular flexibility index (Phi) is 2.15. The molecule has 2 atom stereocenters. The van der Waals surface area contributed by atoms with Crippen molar-refractivity contribution in [3.8, 4) is 0 Å². The van der Waals surface area contributed by atoms with E-state index in [0.717, 1.165) is 48.9 Å². The lowest BCUT2D eigenvalue weighted by Gasteiger charge is -2.60. The highest BCUT2D eigenvalue weighted by Gasteiger charge is 2.57. The molecule has 0 saturated heterocycles. The van der Waals surface area contributed by atoms with Gasteiger partial charge in [-0.15, -0.1) is 0 Å². The molecule has 4 saturated carbocycles. The van der Waals surface area contributed by atoms with Crippen LogP contribution in [-0.2, 0) is 4.79 Å². The van der Waals surface area contributed by atoms with Crippen molar-refractivity contribution in [1.82, 2.24) is 0 Å². The molecule has 4 rings (SSSR count). The summed E-state index contributed by atoms with van der Waals surface area (Å²) in [5, 5.41) is 0. The number of hydrogen-bond donors (Lipinski definition) is 1. The van der Waals surface area contributed by atoms with Crippen LogP contribution in [0.1, 0.15) is 46.0 Å². The Morgan fingerprint density at radius 3 is 2.19 bits per heavy atom. The molecule has 2 unspecified atom stereocenters. The fourth-order valence-corrected chi connectivity index (χ4v) is 5.45. The van der Waals surface area contributed by atoms with Crippen LogP contribution in [0.4, 0.5) is 0 Å². The lowest BCUT2D eigenvalue weighted by Crippen LogP contribution is -2.56. The van der Waals surface area contributed by atoms with E-state index >= 15 is 0 Å². The molecular formula is C14H23NO. The van der Waals surface area contributed by atoms with Crippen molar-refractivity contribution < 1.29 is 4.79 Å². The average molecular weight is 221 g/mol. The molecule has 4 bridgehead atoms. The van der Waals surface area contributed by atoms with Crippen molar-refractivity contribution in [3.63, 3.8) is 0 Å². The molecule has 16 heavy (non-hydrogen) atoms. The molecule has 4 aliphatic carbocycles. The lowest BCUT2D eigenvalue weighted by molar-refractivity contribution is -0.152. The molecular weight excluding hydrogens is 198 g/mol. The second-order valence-electron chi connectivity index (χ2n) is 6.94. The zero-order valence-electron chi connectivity index (χ0n) is 10.4. The minimum Gasteiger partial charge on any atom is -0.369 e. The number of carbonyl (C=O) groups excluding carboxylic acids is 1. The molecule has 4 aliphatic rings. The number of nitrogens with two attached hydrogens (primary N) is 1. The standard InChI is InChI=1S/C14H23NO/c1-8(2)12-10-3-9-4-11(12)7-14(5-9,6-10)13(15)16/h8-12H,3-7H2,1-2H3,(H2,15,16). The van der Waals surface area contributed by atoms with E-state index in [4.69, 9.17) is 5.73 Å². The number of primary amides is 1. The van der Waals surface area contributed by atoms with Crippen LogP contribution in [-0.4, -0.2) is 5.91 Å². The summed E-state index contributed by atoms with van der Waals surface area (Å²) in [4.78, 5) is 11.8. The van der Waals surface area contributed by atoms with Gasteiger partial charge >= 0.3 is 0 Å². The van der Waals surface area contributed by atoms with E-state index in [-0.39, 0.29) is 11.3 Å². The van der Waals surface area contributed by atoms with Crippen LogP contribution in [0.15, 0.2) is 0 Å². The quantitative estimate of drug-likeness (QED) is 0.765. The van der Waals surface area contributed by atoms with Gasteiger partial charge in [-0.25, -0.2) is 0 Å². The fourth-order valence-electron chi connectivity index (χ4n) is 5.45. The molecule has 0 aromatic carbocycles. The molecule has 0 heterocycles. The topological polar surface area (TPSA) is 43.1 Å². The van der Waals surface area contributed by atoms with Gasteiger partial charge in [0.15, 0.2) is 0 Å². The Bertz CT molecular complexity index is 307. The van der Waals surface area contributed by atoms with E-state index in [1.54, 1.807) is 0 Å². The minimum absolute atomic E-state index is 0.00546. The maximum atomic E-state index is 11.8. The van der Waals surface area contributed by atoms with Crippen LogP contribution in [0, 0.1) is 35.0 Å². The summed E-state index contributed by atoms with van der Waals surface area (Å²) in [6.45, 7) is 4.70. The van der Waals surface area contributed by atoms with Crippen molar-refractivity contribution >= 4 is 5.91 Å². The van der Waals surface area contributed by atoms with Gasteiger partial charge in [-0.1, -0.05) is 13.8 Å². The van der Waals surface area contributed by atoms with Gasteiger partial charge in [0.25, 0.3) is 0 Å². The van der Waals surface area contributed by atoms with Gasteiger partial charge in [0.2, 0.25) is 5.91 Å². The Labute approximate surface area is 98.0 Å². The van der Waals surface area contributed by atoms with Gasteiger partial charge < -0.3 is 5.73 Å². The van der Waals surface area contributed by atoms with Crippen LogP contribution >= 0.6 is 0 Å². The van der Waals surface area contributed by atoms with Gasteiger partial charge in [0.05, 0.1) is 0 Å². The third-order valence-electron chi connectivity index (χ3n) is 5.64. The van der Waals surface area contributed by atoms with E-state index in [1.165, 1.54) is 12.8 Å². The van der Waals surface area contributed by atoms with Gasteiger partial charge in [0, 0.05) is 5.41 Å². The van der Waals surface area contributed by atoms with Crippen molar-refractivity contribution in [2.45, 2.75) is 46.0 Å². The zero-order valence-corrected chi connectivity index (χ0v) is 10.4. The highest BCUT2D eigenvalue weighted by atomic mass is 16.1. The predicted molar refractivity (Wildman–Crippen MR) is 63.5 cm³/mol. The Morgan fingerprint density at radius 1 is 1.19 bits per heavy atom. The number of carbonyl (C=O) groups is 1. The van der Waals surface area contributed by atoms with Gasteiger partial charge in [-0.3, -0.25) is 4.79 Å². The van der Waals surface area contributed by atoms with Crippen LogP contribution in [0.5, 0.6) is 0 Å². The van der Waals surface area contributed by atoms with Crippen LogP contribution in [0.3, 0.4) is 0 Å². The lowest BCUT2D eigenvalue weighted by atomic mass is 9.44. The second-order valence-corrected chi connectivity index (χ2v) is 6.94. The third-order valence-corrected chi connectivity index (χ3v) is 5.64. The molecule has 4 fully saturated rings. The number of rotatable bonds is 2. The van der Waals surface area contributed by atoms with Crippen LogP contribution < -0.4 is 5.73 Å². The smallest absolute Gasteiger partial charge is 0.223 e. The minimum atomic E-state index is -0.0953. The van der Waals surface area contributed by atoms with Crippen LogP contribution in [0.25, 0.3) is 0 Å². The molecule has 2 heteroatoms. The maximum absolute atomic E-state index is 11.8. The van der Waals surface area contributed by atoms with E-state index in [2.05, 4.69) is 13.8 Å².